The molecule has 3 heteroatoms. The molecule has 228 valence electrons. The maximum atomic E-state index is 2.47. The number of para-hydroxylation sites is 3. The Balaban J connectivity index is 1.22. The van der Waals surface area contributed by atoms with E-state index < -0.39 is 0 Å². The van der Waals surface area contributed by atoms with Gasteiger partial charge in [0, 0.05) is 48.1 Å². The van der Waals surface area contributed by atoms with Gasteiger partial charge in [0.25, 0.3) is 0 Å². The molecular weight excluding hydrogens is 613 g/mol. The van der Waals surface area contributed by atoms with Crippen molar-refractivity contribution in [3.63, 3.8) is 0 Å². The van der Waals surface area contributed by atoms with Gasteiger partial charge in [-0.2, -0.15) is 0 Å². The van der Waals surface area contributed by atoms with Gasteiger partial charge in [0.2, 0.25) is 0 Å². The van der Waals surface area contributed by atoms with Crippen LogP contribution < -0.4 is 0 Å². The predicted molar refractivity (Wildman–Crippen MR) is 208 cm³/mol. The molecule has 11 rings (SSSR count). The van der Waals surface area contributed by atoms with Crippen molar-refractivity contribution in [2.45, 2.75) is 9.79 Å². The molecule has 0 radical (unpaired) electrons. The Morgan fingerprint density at radius 3 is 1.67 bits per heavy atom. The molecule has 0 spiro atoms. The van der Waals surface area contributed by atoms with E-state index in [2.05, 4.69) is 179 Å². The van der Waals surface area contributed by atoms with E-state index in [4.69, 9.17) is 0 Å². The highest BCUT2D eigenvalue weighted by molar-refractivity contribution is 7.99. The Morgan fingerprint density at radius 1 is 0.327 bits per heavy atom. The molecule has 3 heterocycles. The summed E-state index contributed by atoms with van der Waals surface area (Å²) in [5.41, 5.74) is 12.3. The van der Waals surface area contributed by atoms with Gasteiger partial charge >= 0.3 is 0 Å². The van der Waals surface area contributed by atoms with Gasteiger partial charge < -0.3 is 9.13 Å². The van der Waals surface area contributed by atoms with Crippen molar-refractivity contribution in [3.05, 3.63) is 170 Å². The van der Waals surface area contributed by atoms with E-state index in [1.807, 2.05) is 11.8 Å². The number of rotatable bonds is 3. The highest BCUT2D eigenvalue weighted by Gasteiger charge is 2.24. The Morgan fingerprint density at radius 2 is 0.898 bits per heavy atom. The van der Waals surface area contributed by atoms with Crippen LogP contribution in [0.25, 0.3) is 88.0 Å². The van der Waals surface area contributed by atoms with Gasteiger partial charge in [0.15, 0.2) is 0 Å². The second-order valence-electron chi connectivity index (χ2n) is 12.9. The topological polar surface area (TPSA) is 9.86 Å². The normalized spacial score (nSPS) is 12.4. The average Bonchev–Trinajstić information content (AvgIpc) is 3.67. The second-order valence-corrected chi connectivity index (χ2v) is 14.0. The van der Waals surface area contributed by atoms with Gasteiger partial charge in [-0.25, -0.2) is 0 Å². The smallest absolute Gasteiger partial charge is 0.0553 e. The number of nitrogens with zero attached hydrogens (tertiary/aromatic N) is 2. The molecule has 1 aliphatic heterocycles. The minimum Gasteiger partial charge on any atom is -0.309 e. The van der Waals surface area contributed by atoms with Crippen molar-refractivity contribution in [2.24, 2.45) is 0 Å². The first-order valence-corrected chi connectivity index (χ1v) is 17.6. The lowest BCUT2D eigenvalue weighted by Crippen LogP contribution is -1.96. The van der Waals surface area contributed by atoms with Gasteiger partial charge in [-0.05, 0) is 88.3 Å². The first-order chi connectivity index (χ1) is 24.3. The van der Waals surface area contributed by atoms with Gasteiger partial charge in [0.1, 0.15) is 0 Å². The molecule has 2 nitrogen and oxygen atoms in total. The van der Waals surface area contributed by atoms with Crippen LogP contribution in [0.4, 0.5) is 0 Å². The van der Waals surface area contributed by atoms with Crippen molar-refractivity contribution < 1.29 is 0 Å². The highest BCUT2D eigenvalue weighted by atomic mass is 32.2. The summed E-state index contributed by atoms with van der Waals surface area (Å²) < 4.78 is 4.87. The Hall–Kier alpha value is -6.03. The number of benzene rings is 8. The molecule has 0 saturated heterocycles. The maximum absolute atomic E-state index is 2.47. The Bertz CT molecular complexity index is 2950. The van der Waals surface area contributed by atoms with Crippen LogP contribution in [-0.2, 0) is 0 Å². The molecule has 0 saturated carbocycles. The third-order valence-electron chi connectivity index (χ3n) is 10.3. The minimum atomic E-state index is 1.17. The average molecular weight is 641 g/mol. The fourth-order valence-electron chi connectivity index (χ4n) is 8.19. The molecule has 8 aromatic carbocycles. The van der Waals surface area contributed by atoms with E-state index >= 15 is 0 Å². The number of hydrogen-bond acceptors (Lipinski definition) is 1. The fraction of sp³-hybridized carbons (Fsp3) is 0. The molecule has 0 fully saturated rings. The van der Waals surface area contributed by atoms with Crippen LogP contribution in [0.1, 0.15) is 0 Å². The van der Waals surface area contributed by atoms with Crippen LogP contribution in [0.2, 0.25) is 0 Å². The molecule has 0 unspecified atom stereocenters. The van der Waals surface area contributed by atoms with Crippen LogP contribution in [0, 0.1) is 0 Å². The van der Waals surface area contributed by atoms with E-state index in [0.717, 1.165) is 0 Å². The Labute approximate surface area is 287 Å². The Kier molecular flexibility index (Phi) is 5.63. The van der Waals surface area contributed by atoms with E-state index in [-0.39, 0.29) is 0 Å². The van der Waals surface area contributed by atoms with Crippen LogP contribution >= 0.6 is 11.8 Å². The molecule has 49 heavy (non-hydrogen) atoms. The van der Waals surface area contributed by atoms with Gasteiger partial charge in [-0.3, -0.25) is 0 Å². The quantitative estimate of drug-likeness (QED) is 0.187. The standard InChI is InChI=1S/C46H28N2S/c1-3-12-31(13-4-1)47-39-19-9-7-16-33(39)34-24-22-29(26-40(34)47)30-23-25-36-41(27-30)48(32-14-5-2-6-15-32)42-28-38-35-17-8-10-20-43(35)49-44-21-11-18-37(45(36)42)46(38)44/h1-28H. The van der Waals surface area contributed by atoms with Crippen LogP contribution in [0.15, 0.2) is 180 Å². The maximum Gasteiger partial charge on any atom is 0.0553 e. The molecule has 0 N–H and O–H groups in total. The van der Waals surface area contributed by atoms with E-state index in [1.165, 1.54) is 97.8 Å². The summed E-state index contributed by atoms with van der Waals surface area (Å²) in [4.78, 5) is 2.64. The first-order valence-electron chi connectivity index (χ1n) is 16.8. The molecular formula is C46H28N2S. The molecule has 1 aliphatic rings. The van der Waals surface area contributed by atoms with Gasteiger partial charge in [-0.1, -0.05) is 121 Å². The van der Waals surface area contributed by atoms with Crippen molar-refractivity contribution in [2.75, 3.05) is 0 Å². The summed E-state index contributed by atoms with van der Waals surface area (Å²) in [7, 11) is 0. The molecule has 2 aromatic heterocycles. The van der Waals surface area contributed by atoms with Crippen molar-refractivity contribution in [1.82, 2.24) is 9.13 Å². The molecule has 0 bridgehead atoms. The highest BCUT2D eigenvalue weighted by Crippen LogP contribution is 2.51. The lowest BCUT2D eigenvalue weighted by atomic mass is 9.94. The SMILES string of the molecule is c1ccc(-n2c3ccccc3c3ccc(-c4ccc5c6c7cccc8c7c(cc6n(-c6ccccc6)c5c4)-c4ccccc4S8)cc32)cc1. The molecule has 10 aromatic rings. The van der Waals surface area contributed by atoms with E-state index in [1.54, 1.807) is 0 Å². The number of hydrogen-bond donors (Lipinski definition) is 0. The van der Waals surface area contributed by atoms with Crippen LogP contribution in [0.5, 0.6) is 0 Å². The summed E-state index contributed by atoms with van der Waals surface area (Å²) in [5, 5.41) is 7.79. The zero-order valence-corrected chi connectivity index (χ0v) is 27.3. The minimum absolute atomic E-state index is 1.17. The van der Waals surface area contributed by atoms with Crippen LogP contribution in [-0.4, -0.2) is 9.13 Å². The summed E-state index contributed by atoms with van der Waals surface area (Å²) in [6.07, 6.45) is 0. The summed E-state index contributed by atoms with van der Waals surface area (Å²) >= 11 is 1.88. The van der Waals surface area contributed by atoms with Crippen molar-refractivity contribution >= 4 is 66.1 Å². The molecule has 0 atom stereocenters. The number of aromatic nitrogens is 2. The van der Waals surface area contributed by atoms with Crippen LogP contribution in [0.3, 0.4) is 0 Å². The summed E-state index contributed by atoms with van der Waals surface area (Å²) in [5.74, 6) is 0. The fourth-order valence-corrected chi connectivity index (χ4v) is 9.33. The zero-order valence-electron chi connectivity index (χ0n) is 26.5. The molecule has 0 amide bonds. The second kappa shape index (κ2) is 10.2. The van der Waals surface area contributed by atoms with Gasteiger partial charge in [-0.15, -0.1) is 0 Å². The summed E-state index contributed by atoms with van der Waals surface area (Å²) in [6, 6.07) is 62.4. The third-order valence-corrected chi connectivity index (χ3v) is 11.4. The zero-order chi connectivity index (χ0) is 32.1. The van der Waals surface area contributed by atoms with Crippen molar-refractivity contribution in [3.8, 4) is 33.6 Å². The predicted octanol–water partition coefficient (Wildman–Crippen LogP) is 12.8. The number of fused-ring (bicyclic) bond motifs is 9. The van der Waals surface area contributed by atoms with Gasteiger partial charge in [0.05, 0.1) is 22.1 Å². The van der Waals surface area contributed by atoms with E-state index in [0.29, 0.717) is 0 Å². The summed E-state index contributed by atoms with van der Waals surface area (Å²) in [6.45, 7) is 0. The lowest BCUT2D eigenvalue weighted by molar-refractivity contribution is 1.18. The largest absolute Gasteiger partial charge is 0.309 e. The third kappa shape index (κ3) is 3.85. The molecule has 0 aliphatic carbocycles. The van der Waals surface area contributed by atoms with Crippen molar-refractivity contribution in [1.29, 1.82) is 0 Å². The first kappa shape index (κ1) is 27.0. The lowest BCUT2D eigenvalue weighted by Gasteiger charge is -2.21. The monoisotopic (exact) mass is 640 g/mol. The van der Waals surface area contributed by atoms with E-state index in [9.17, 15) is 0 Å².